The normalized spacial score (nSPS) is 37.0. The molecule has 4 saturated carbocycles. The van der Waals surface area contributed by atoms with E-state index >= 15 is 0 Å². The molecular weight excluding hydrogens is 556 g/mol. The first-order chi connectivity index (χ1) is 21.0. The van der Waals surface area contributed by atoms with Gasteiger partial charge < -0.3 is 20.6 Å². The maximum absolute atomic E-state index is 12.9. The Morgan fingerprint density at radius 3 is 2.75 bits per heavy atom. The number of aromatic nitrogens is 3. The van der Waals surface area contributed by atoms with Gasteiger partial charge in [-0.3, -0.25) is 9.59 Å². The van der Waals surface area contributed by atoms with Gasteiger partial charge >= 0.3 is 0 Å². The molecule has 0 aliphatic heterocycles. The van der Waals surface area contributed by atoms with E-state index in [-0.39, 0.29) is 40.3 Å². The number of hydrogen-bond donors (Lipinski definition) is 4. The van der Waals surface area contributed by atoms with Gasteiger partial charge in [-0.1, -0.05) is 32.1 Å². The van der Waals surface area contributed by atoms with Crippen molar-refractivity contribution in [2.45, 2.75) is 110 Å². The fourth-order valence-electron chi connectivity index (χ4n) is 10.5. The average molecular weight is 607 g/mol. The Kier molecular flexibility index (Phi) is 8.65. The summed E-state index contributed by atoms with van der Waals surface area (Å²) in [5.74, 6) is 3.04. The molecule has 1 amide bonds. The third-order valence-corrected chi connectivity index (χ3v) is 12.9. The highest BCUT2D eigenvalue weighted by Gasteiger charge is 2.63. The molecule has 9 heteroatoms. The summed E-state index contributed by atoms with van der Waals surface area (Å²) < 4.78 is 1.65. The van der Waals surface area contributed by atoms with Gasteiger partial charge in [-0.15, -0.1) is 5.10 Å². The Hall–Kier alpha value is -2.78. The number of phenols is 1. The Morgan fingerprint density at radius 2 is 1.95 bits per heavy atom. The second-order valence-electron chi connectivity index (χ2n) is 15.1. The van der Waals surface area contributed by atoms with Crippen LogP contribution in [0.15, 0.2) is 24.4 Å². The molecule has 0 radical (unpaired) electrons. The molecule has 44 heavy (non-hydrogen) atoms. The largest absolute Gasteiger partial charge is 0.507 e. The predicted molar refractivity (Wildman–Crippen MR) is 165 cm³/mol. The van der Waals surface area contributed by atoms with Gasteiger partial charge in [0, 0.05) is 6.42 Å². The minimum Gasteiger partial charge on any atom is -0.507 e. The second kappa shape index (κ2) is 12.2. The molecule has 0 spiro atoms. The molecule has 2 aromatic rings. The summed E-state index contributed by atoms with van der Waals surface area (Å²) in [5.41, 5.74) is 1.84. The molecule has 1 aromatic carbocycles. The zero-order valence-corrected chi connectivity index (χ0v) is 26.5. The summed E-state index contributed by atoms with van der Waals surface area (Å²) in [5, 5.41) is 43.2. The maximum Gasteiger partial charge on any atom is 0.220 e. The van der Waals surface area contributed by atoms with Crippen molar-refractivity contribution in [3.8, 4) is 5.75 Å². The number of aldehydes is 1. The van der Waals surface area contributed by atoms with Crippen LogP contribution in [0.5, 0.6) is 5.75 Å². The second-order valence-corrected chi connectivity index (χ2v) is 15.1. The summed E-state index contributed by atoms with van der Waals surface area (Å²) in [6.45, 7) is 7.79. The number of nitrogens with one attached hydrogen (secondary N) is 1. The quantitative estimate of drug-likeness (QED) is 0.299. The topological polar surface area (TPSA) is 138 Å². The summed E-state index contributed by atoms with van der Waals surface area (Å²) in [4.78, 5) is 24.0. The number of aliphatic hydroxyl groups is 2. The van der Waals surface area contributed by atoms with Crippen molar-refractivity contribution in [3.63, 3.8) is 0 Å². The smallest absolute Gasteiger partial charge is 0.220 e. The third kappa shape index (κ3) is 5.59. The first-order valence-corrected chi connectivity index (χ1v) is 16.8. The van der Waals surface area contributed by atoms with E-state index < -0.39 is 0 Å². The highest BCUT2D eigenvalue weighted by atomic mass is 16.3. The third-order valence-electron chi connectivity index (χ3n) is 12.9. The summed E-state index contributed by atoms with van der Waals surface area (Å²) in [7, 11) is 0. The van der Waals surface area contributed by atoms with E-state index in [1.807, 2.05) is 0 Å². The number of carbonyl (C=O) groups excluding carboxylic acids is 2. The average Bonchev–Trinajstić information content (AvgIpc) is 3.61. The number of aliphatic hydroxyl groups excluding tert-OH is 2. The van der Waals surface area contributed by atoms with Crippen molar-refractivity contribution in [2.75, 3.05) is 0 Å². The van der Waals surface area contributed by atoms with Crippen molar-refractivity contribution in [1.82, 2.24) is 20.3 Å². The standard InChI is InChI=1S/C35H50N4O5/c1-21(4-11-33(44)36-17-25-19-39(38-37-25)18-22-5-10-31(42)23(14-22)20-40)28-8-9-29-27-7-6-24-15-26(41)12-13-34(24,2)30(27)16-32(43)35(28,29)3/h5,10,14,19-21,24,26-30,32,41-43H,4,6-9,11-13,15-18H2,1-3H3,(H,36,44)/t21-,24-,26-,27+,28-,29+,30+,32+,34+,35-/m1/s1. The van der Waals surface area contributed by atoms with E-state index in [1.165, 1.54) is 25.3 Å². The van der Waals surface area contributed by atoms with Gasteiger partial charge in [0.1, 0.15) is 11.4 Å². The number of nitrogens with zero attached hydrogens (tertiary/aromatic N) is 3. The molecule has 1 heterocycles. The van der Waals surface area contributed by atoms with Crippen LogP contribution in [-0.4, -0.2) is 54.7 Å². The van der Waals surface area contributed by atoms with Gasteiger partial charge in [0.2, 0.25) is 5.91 Å². The monoisotopic (exact) mass is 606 g/mol. The van der Waals surface area contributed by atoms with Crippen LogP contribution in [0.4, 0.5) is 0 Å². The summed E-state index contributed by atoms with van der Waals surface area (Å²) >= 11 is 0. The fraction of sp³-hybridized carbons (Fsp3) is 0.714. The Morgan fingerprint density at radius 1 is 1.14 bits per heavy atom. The lowest BCUT2D eigenvalue weighted by Gasteiger charge is -2.62. The molecule has 240 valence electrons. The Balaban J connectivity index is 1.01. The zero-order valence-electron chi connectivity index (χ0n) is 26.5. The van der Waals surface area contributed by atoms with Crippen LogP contribution < -0.4 is 5.32 Å². The number of benzene rings is 1. The molecule has 0 saturated heterocycles. The molecule has 4 aliphatic carbocycles. The predicted octanol–water partition coefficient (Wildman–Crippen LogP) is 4.87. The number of phenolic OH excluding ortho intramolecular Hbond substituents is 1. The van der Waals surface area contributed by atoms with Gasteiger partial charge in [-0.05, 0) is 122 Å². The Bertz CT molecular complexity index is 1360. The van der Waals surface area contributed by atoms with Gasteiger partial charge in [0.15, 0.2) is 6.29 Å². The number of carbonyl (C=O) groups is 2. The summed E-state index contributed by atoms with van der Waals surface area (Å²) in [6.07, 6.45) is 11.7. The lowest BCUT2D eigenvalue weighted by atomic mass is 9.43. The highest BCUT2D eigenvalue weighted by Crippen LogP contribution is 2.68. The van der Waals surface area contributed by atoms with Crippen LogP contribution in [0.1, 0.15) is 107 Å². The van der Waals surface area contributed by atoms with Crippen LogP contribution in [-0.2, 0) is 17.9 Å². The van der Waals surface area contributed by atoms with Crippen molar-refractivity contribution >= 4 is 12.2 Å². The fourth-order valence-corrected chi connectivity index (χ4v) is 10.5. The van der Waals surface area contributed by atoms with E-state index in [1.54, 1.807) is 23.0 Å². The van der Waals surface area contributed by atoms with Crippen molar-refractivity contribution < 1.29 is 24.9 Å². The number of fused-ring (bicyclic) bond motifs is 5. The highest BCUT2D eigenvalue weighted by molar-refractivity contribution is 5.79. The van der Waals surface area contributed by atoms with Crippen molar-refractivity contribution in [1.29, 1.82) is 0 Å². The minimum atomic E-state index is -0.311. The molecule has 10 atom stereocenters. The lowest BCUT2D eigenvalue weighted by Crippen LogP contribution is -2.58. The van der Waals surface area contributed by atoms with Crippen molar-refractivity contribution in [3.05, 3.63) is 41.2 Å². The molecule has 9 nitrogen and oxygen atoms in total. The SMILES string of the molecule is C[C@H](CCC(=O)NCc1cn(Cc2ccc(O)c(C=O)c2)nn1)[C@H]1CC[C@H]2[C@@H]3CC[C@@H]4C[C@H](O)CC[C@]4(C)[C@H]3C[C@H](O)[C@]12C. The van der Waals surface area contributed by atoms with Gasteiger partial charge in [-0.25, -0.2) is 4.68 Å². The minimum absolute atomic E-state index is 0.00440. The zero-order chi connectivity index (χ0) is 31.2. The molecule has 0 unspecified atom stereocenters. The number of hydrogen-bond acceptors (Lipinski definition) is 7. The van der Waals surface area contributed by atoms with Crippen LogP contribution >= 0.6 is 0 Å². The van der Waals surface area contributed by atoms with Crippen LogP contribution in [0.25, 0.3) is 0 Å². The lowest BCUT2D eigenvalue weighted by molar-refractivity contribution is -0.174. The molecule has 0 bridgehead atoms. The van der Waals surface area contributed by atoms with E-state index in [4.69, 9.17) is 0 Å². The van der Waals surface area contributed by atoms with E-state index in [2.05, 4.69) is 36.4 Å². The van der Waals surface area contributed by atoms with Crippen LogP contribution in [0.2, 0.25) is 0 Å². The molecule has 4 fully saturated rings. The van der Waals surface area contributed by atoms with E-state index in [0.717, 1.165) is 44.1 Å². The molecule has 4 N–H and O–H groups in total. The van der Waals surface area contributed by atoms with Crippen LogP contribution in [0.3, 0.4) is 0 Å². The van der Waals surface area contributed by atoms with Crippen LogP contribution in [0, 0.1) is 46.3 Å². The van der Waals surface area contributed by atoms with E-state index in [9.17, 15) is 24.9 Å². The summed E-state index contributed by atoms with van der Waals surface area (Å²) in [6, 6.07) is 4.85. The Labute approximate surface area is 260 Å². The van der Waals surface area contributed by atoms with Crippen molar-refractivity contribution in [2.24, 2.45) is 46.3 Å². The molecule has 1 aromatic heterocycles. The van der Waals surface area contributed by atoms with E-state index in [0.29, 0.717) is 67.0 Å². The molecular formula is C35H50N4O5. The maximum atomic E-state index is 12.9. The number of aromatic hydroxyl groups is 1. The molecule has 6 rings (SSSR count). The first-order valence-electron chi connectivity index (χ1n) is 16.8. The molecule has 4 aliphatic rings. The van der Waals surface area contributed by atoms with Gasteiger partial charge in [0.25, 0.3) is 0 Å². The first kappa shape index (κ1) is 31.2. The number of amides is 1. The van der Waals surface area contributed by atoms with Gasteiger partial charge in [-0.2, -0.15) is 0 Å². The number of rotatable bonds is 9. The van der Waals surface area contributed by atoms with Gasteiger partial charge in [0.05, 0.1) is 37.1 Å².